The number of methoxy groups -OCH3 is 1. The van der Waals surface area contributed by atoms with E-state index in [9.17, 15) is 24.7 Å². The molecule has 2 saturated heterocycles. The lowest BCUT2D eigenvalue weighted by molar-refractivity contribution is -0.0625. The number of H-pyrrole nitrogens is 1. The fourth-order valence-electron chi connectivity index (χ4n) is 4.55. The number of nitrogens with one attached hydrogen (secondary N) is 1. The Balaban J connectivity index is 1.26. The zero-order valence-electron chi connectivity index (χ0n) is 20.3. The molecular formula is C20H26N7O10PS. The van der Waals surface area contributed by atoms with E-state index in [0.29, 0.717) is 11.2 Å². The summed E-state index contributed by atoms with van der Waals surface area (Å²) < 4.78 is 30.9. The van der Waals surface area contributed by atoms with Gasteiger partial charge in [-0.3, -0.25) is 23.4 Å². The maximum absolute atomic E-state index is 12.3. The van der Waals surface area contributed by atoms with Crippen LogP contribution >= 0.6 is 6.72 Å². The largest absolute Gasteiger partial charge is 0.394 e. The van der Waals surface area contributed by atoms with Crippen LogP contribution < -0.4 is 17.0 Å². The SMILES string of the molecule is CO[C@@H]1C(OP(O)(=S)OCC2O[C@@H](n3cnc4c(N)ncnc43)C[C@@H]2O)[C@@H](CO)OC1n1ccc(=O)[nH]c1=O. The number of imidazole rings is 1. The summed E-state index contributed by atoms with van der Waals surface area (Å²) in [5.74, 6) is 0.203. The highest BCUT2D eigenvalue weighted by molar-refractivity contribution is 8.07. The number of fused-ring (bicyclic) bond motifs is 1. The molecule has 6 N–H and O–H groups in total. The Kier molecular flexibility index (Phi) is 7.93. The molecule has 5 rings (SSSR count). The number of hydrogen-bond acceptors (Lipinski definition) is 14. The molecule has 0 aliphatic carbocycles. The van der Waals surface area contributed by atoms with Gasteiger partial charge in [-0.15, -0.1) is 0 Å². The first-order valence-corrected chi connectivity index (χ1v) is 14.2. The molecule has 0 amide bonds. The third-order valence-electron chi connectivity index (χ3n) is 6.42. The number of rotatable bonds is 9. The third kappa shape index (κ3) is 5.53. The van der Waals surface area contributed by atoms with Crippen molar-refractivity contribution >= 4 is 35.5 Å². The molecule has 0 bridgehead atoms. The maximum Gasteiger partial charge on any atom is 0.330 e. The van der Waals surface area contributed by atoms with Gasteiger partial charge in [0, 0.05) is 25.8 Å². The number of ether oxygens (including phenoxy) is 3. The van der Waals surface area contributed by atoms with Crippen molar-refractivity contribution < 1.29 is 38.4 Å². The standard InChI is InChI=1S/C20H26N7O10PS/c1-33-16-15(10(5-28)36-19(16)26-3-2-12(30)25-20(26)31)37-38(32,39)34-6-11-9(29)4-13(35-11)27-8-24-14-17(21)22-7-23-18(14)27/h2-3,7-11,13,15-16,19,28-29H,4-6H2,1H3,(H,32,39)(H2,21,22,23)(H,25,30,31)/t9-,10+,11?,13+,15?,16+,19?,38?/m0/s1. The van der Waals surface area contributed by atoms with Gasteiger partial charge in [-0.05, 0) is 11.8 Å². The zero-order chi connectivity index (χ0) is 27.9. The molecule has 2 fully saturated rings. The van der Waals surface area contributed by atoms with E-state index in [4.69, 9.17) is 40.8 Å². The van der Waals surface area contributed by atoms with Crippen LogP contribution in [0.25, 0.3) is 11.2 Å². The fraction of sp³-hybridized carbons (Fsp3) is 0.550. The van der Waals surface area contributed by atoms with Gasteiger partial charge < -0.3 is 39.6 Å². The van der Waals surface area contributed by atoms with Gasteiger partial charge in [-0.2, -0.15) is 0 Å². The normalized spacial score (nSPS) is 30.6. The van der Waals surface area contributed by atoms with Crippen molar-refractivity contribution in [2.45, 2.75) is 49.4 Å². The Morgan fingerprint density at radius 1 is 1.23 bits per heavy atom. The highest BCUT2D eigenvalue weighted by Gasteiger charge is 2.49. The monoisotopic (exact) mass is 587 g/mol. The van der Waals surface area contributed by atoms with Crippen LogP contribution in [0.15, 0.2) is 34.5 Å². The first kappa shape index (κ1) is 27.9. The van der Waals surface area contributed by atoms with E-state index in [1.165, 1.54) is 26.0 Å². The van der Waals surface area contributed by atoms with Gasteiger partial charge in [0.15, 0.2) is 17.7 Å². The molecule has 212 valence electrons. The molecule has 4 unspecified atom stereocenters. The van der Waals surface area contributed by atoms with E-state index in [0.717, 1.165) is 10.6 Å². The van der Waals surface area contributed by atoms with E-state index in [-0.39, 0.29) is 18.8 Å². The van der Waals surface area contributed by atoms with Crippen LogP contribution in [0, 0.1) is 0 Å². The van der Waals surface area contributed by atoms with Crippen LogP contribution in [0.4, 0.5) is 5.82 Å². The number of aromatic amines is 1. The molecule has 5 heterocycles. The predicted molar refractivity (Wildman–Crippen MR) is 135 cm³/mol. The van der Waals surface area contributed by atoms with Gasteiger partial charge in [0.05, 0.1) is 25.6 Å². The number of aliphatic hydroxyl groups is 2. The Morgan fingerprint density at radius 3 is 2.74 bits per heavy atom. The number of nitrogens with two attached hydrogens (primary N) is 1. The molecule has 2 aliphatic rings. The minimum Gasteiger partial charge on any atom is -0.394 e. The lowest BCUT2D eigenvalue weighted by atomic mass is 10.1. The average Bonchev–Trinajstić information content (AvgIpc) is 3.58. The zero-order valence-corrected chi connectivity index (χ0v) is 22.1. The highest BCUT2D eigenvalue weighted by Crippen LogP contribution is 2.49. The molecule has 39 heavy (non-hydrogen) atoms. The second-order valence-corrected chi connectivity index (χ2v) is 11.6. The Bertz CT molecular complexity index is 1500. The minimum atomic E-state index is -4.02. The van der Waals surface area contributed by atoms with Crippen molar-refractivity contribution in [1.82, 2.24) is 29.1 Å². The number of nitrogen functional groups attached to an aromatic ring is 1. The summed E-state index contributed by atoms with van der Waals surface area (Å²) in [7, 11) is 1.32. The highest BCUT2D eigenvalue weighted by atomic mass is 32.5. The predicted octanol–water partition coefficient (Wildman–Crippen LogP) is -1.87. The Hall–Kier alpha value is -2.64. The van der Waals surface area contributed by atoms with Crippen LogP contribution in [0.3, 0.4) is 0 Å². The van der Waals surface area contributed by atoms with Crippen LogP contribution in [-0.4, -0.2) is 95.0 Å². The first-order chi connectivity index (χ1) is 18.6. The van der Waals surface area contributed by atoms with E-state index in [1.807, 2.05) is 0 Å². The van der Waals surface area contributed by atoms with Crippen molar-refractivity contribution in [3.8, 4) is 0 Å². The summed E-state index contributed by atoms with van der Waals surface area (Å²) in [5, 5.41) is 20.4. The number of aromatic nitrogens is 6. The smallest absolute Gasteiger partial charge is 0.330 e. The molecular weight excluding hydrogens is 561 g/mol. The number of aliphatic hydroxyl groups excluding tert-OH is 2. The number of hydrogen-bond donors (Lipinski definition) is 5. The van der Waals surface area contributed by atoms with Gasteiger partial charge in [-0.25, -0.2) is 19.7 Å². The lowest BCUT2D eigenvalue weighted by Gasteiger charge is -2.27. The van der Waals surface area contributed by atoms with Gasteiger partial charge >= 0.3 is 12.4 Å². The molecule has 19 heteroatoms. The van der Waals surface area contributed by atoms with E-state index >= 15 is 0 Å². The van der Waals surface area contributed by atoms with Gasteiger partial charge in [-0.1, -0.05) is 0 Å². The molecule has 17 nitrogen and oxygen atoms in total. The summed E-state index contributed by atoms with van der Waals surface area (Å²) >= 11 is 5.17. The summed E-state index contributed by atoms with van der Waals surface area (Å²) in [5.41, 5.74) is 5.27. The van der Waals surface area contributed by atoms with Crippen LogP contribution in [0.2, 0.25) is 0 Å². The molecule has 0 aromatic carbocycles. The van der Waals surface area contributed by atoms with Crippen molar-refractivity contribution in [1.29, 1.82) is 0 Å². The molecule has 8 atom stereocenters. The third-order valence-corrected chi connectivity index (χ3v) is 7.98. The summed E-state index contributed by atoms with van der Waals surface area (Å²) in [6.45, 7) is -4.90. The Labute approximate surface area is 224 Å². The van der Waals surface area contributed by atoms with E-state index in [1.54, 1.807) is 4.57 Å². The summed E-state index contributed by atoms with van der Waals surface area (Å²) in [6, 6.07) is 1.12. The topological polar surface area (TPSA) is 231 Å². The molecule has 0 saturated carbocycles. The van der Waals surface area contributed by atoms with Crippen molar-refractivity contribution in [3.05, 3.63) is 45.8 Å². The van der Waals surface area contributed by atoms with Crippen LogP contribution in [-0.2, 0) is 35.1 Å². The second-order valence-electron chi connectivity index (χ2n) is 8.81. The maximum atomic E-state index is 12.3. The van der Waals surface area contributed by atoms with Crippen molar-refractivity contribution in [3.63, 3.8) is 0 Å². The summed E-state index contributed by atoms with van der Waals surface area (Å²) in [6.07, 6.45) is -2.72. The van der Waals surface area contributed by atoms with E-state index in [2.05, 4.69) is 19.9 Å². The van der Waals surface area contributed by atoms with Gasteiger partial charge in [0.2, 0.25) is 0 Å². The second kappa shape index (κ2) is 11.1. The van der Waals surface area contributed by atoms with Gasteiger partial charge in [0.1, 0.15) is 42.5 Å². The molecule has 0 radical (unpaired) electrons. The number of nitrogens with zero attached hydrogens (tertiary/aromatic N) is 5. The quantitative estimate of drug-likeness (QED) is 0.173. The Morgan fingerprint density at radius 2 is 2.03 bits per heavy atom. The van der Waals surface area contributed by atoms with Crippen molar-refractivity contribution in [2.75, 3.05) is 26.1 Å². The minimum absolute atomic E-state index is 0.170. The summed E-state index contributed by atoms with van der Waals surface area (Å²) in [4.78, 5) is 48.9. The number of anilines is 1. The first-order valence-electron chi connectivity index (χ1n) is 11.6. The van der Waals surface area contributed by atoms with Crippen molar-refractivity contribution in [2.24, 2.45) is 0 Å². The van der Waals surface area contributed by atoms with Crippen LogP contribution in [0.1, 0.15) is 18.9 Å². The molecule has 3 aromatic rings. The molecule has 3 aromatic heterocycles. The van der Waals surface area contributed by atoms with E-state index < -0.39 is 67.6 Å². The van der Waals surface area contributed by atoms with Gasteiger partial charge in [0.25, 0.3) is 5.56 Å². The molecule has 0 spiro atoms. The average molecular weight is 588 g/mol. The van der Waals surface area contributed by atoms with Crippen LogP contribution in [0.5, 0.6) is 0 Å². The lowest BCUT2D eigenvalue weighted by Crippen LogP contribution is -2.40. The molecule has 2 aliphatic heterocycles. The fourth-order valence-corrected chi connectivity index (χ4v) is 5.99.